The van der Waals surface area contributed by atoms with Crippen molar-refractivity contribution in [2.24, 2.45) is 0 Å². The Balaban J connectivity index is 1.41. The molecular formula is C22H23F3N3O+. The number of carbonyl (C=O) groups is 1. The van der Waals surface area contributed by atoms with E-state index in [9.17, 15) is 18.0 Å². The second kappa shape index (κ2) is 7.55. The monoisotopic (exact) mass is 402 g/mol. The highest BCUT2D eigenvalue weighted by Crippen LogP contribution is 2.31. The summed E-state index contributed by atoms with van der Waals surface area (Å²) in [6, 6.07) is 13.2. The number of hydrogen-bond donors (Lipinski definition) is 2. The highest BCUT2D eigenvalue weighted by Gasteiger charge is 2.31. The van der Waals surface area contributed by atoms with Crippen LogP contribution in [0.4, 0.5) is 18.9 Å². The van der Waals surface area contributed by atoms with Gasteiger partial charge >= 0.3 is 6.18 Å². The van der Waals surface area contributed by atoms with Crippen LogP contribution in [0.15, 0.2) is 48.5 Å². The van der Waals surface area contributed by atoms with Gasteiger partial charge in [-0.15, -0.1) is 0 Å². The predicted octanol–water partition coefficient (Wildman–Crippen LogP) is 3.08. The predicted molar refractivity (Wildman–Crippen MR) is 107 cm³/mol. The molecule has 29 heavy (non-hydrogen) atoms. The lowest BCUT2D eigenvalue weighted by atomic mass is 10.1. The number of aromatic nitrogens is 1. The topological polar surface area (TPSA) is 40.5 Å². The van der Waals surface area contributed by atoms with E-state index >= 15 is 0 Å². The molecule has 2 N–H and O–H groups in total. The minimum Gasteiger partial charge on any atom is -0.360 e. The molecule has 4 nitrogen and oxygen atoms in total. The van der Waals surface area contributed by atoms with E-state index in [1.165, 1.54) is 12.1 Å². The number of para-hydroxylation sites is 1. The van der Waals surface area contributed by atoms with Gasteiger partial charge in [-0.05, 0) is 31.2 Å². The standard InChI is InChI=1S/C22H22F3N3O/c1-15-21(18-7-2-3-8-19(18)26-15)20(29)14-27-9-11-28(12-10-27)17-6-4-5-16(13-17)22(23,24)25/h2-8,13,26H,9-12,14H2,1H3/p+1. The number of quaternary nitrogens is 1. The zero-order valence-corrected chi connectivity index (χ0v) is 16.1. The molecule has 1 aliphatic heterocycles. The van der Waals surface area contributed by atoms with Crippen LogP contribution in [0.25, 0.3) is 10.9 Å². The number of H-pyrrole nitrogens is 1. The van der Waals surface area contributed by atoms with Crippen molar-refractivity contribution >= 4 is 22.4 Å². The fourth-order valence-electron chi connectivity index (χ4n) is 4.09. The van der Waals surface area contributed by atoms with Crippen molar-refractivity contribution in [1.82, 2.24) is 4.98 Å². The SMILES string of the molecule is Cc1[nH]c2ccccc2c1C(=O)C[NH+]1CCN(c2cccc(C(F)(F)F)c2)CC1. The maximum Gasteiger partial charge on any atom is 0.416 e. The first-order valence-corrected chi connectivity index (χ1v) is 9.69. The molecule has 1 fully saturated rings. The number of aromatic amines is 1. The summed E-state index contributed by atoms with van der Waals surface area (Å²) in [4.78, 5) is 19.3. The van der Waals surface area contributed by atoms with Crippen molar-refractivity contribution in [2.45, 2.75) is 13.1 Å². The number of benzene rings is 2. The Morgan fingerprint density at radius 3 is 2.55 bits per heavy atom. The van der Waals surface area contributed by atoms with E-state index in [0.717, 1.165) is 33.1 Å². The lowest BCUT2D eigenvalue weighted by Gasteiger charge is -2.33. The van der Waals surface area contributed by atoms with Gasteiger partial charge in [-0.2, -0.15) is 13.2 Å². The molecule has 1 aromatic heterocycles. The first kappa shape index (κ1) is 19.5. The minimum absolute atomic E-state index is 0.0995. The first-order chi connectivity index (χ1) is 13.8. The molecule has 0 bridgehead atoms. The maximum absolute atomic E-state index is 13.0. The van der Waals surface area contributed by atoms with Crippen molar-refractivity contribution in [3.63, 3.8) is 0 Å². The third-order valence-electron chi connectivity index (χ3n) is 5.59. The third kappa shape index (κ3) is 4.00. The number of piperazine rings is 1. The van der Waals surface area contributed by atoms with Gasteiger partial charge < -0.3 is 14.8 Å². The zero-order chi connectivity index (χ0) is 20.6. The second-order valence-corrected chi connectivity index (χ2v) is 7.56. The lowest BCUT2D eigenvalue weighted by Crippen LogP contribution is -3.15. The molecule has 0 spiro atoms. The fraction of sp³-hybridized carbons (Fsp3) is 0.318. The summed E-state index contributed by atoms with van der Waals surface area (Å²) in [5.41, 5.74) is 2.52. The molecule has 1 aliphatic rings. The summed E-state index contributed by atoms with van der Waals surface area (Å²) < 4.78 is 38.9. The summed E-state index contributed by atoms with van der Waals surface area (Å²) in [7, 11) is 0. The molecule has 2 aromatic carbocycles. The van der Waals surface area contributed by atoms with Crippen LogP contribution in [0.2, 0.25) is 0 Å². The molecule has 0 radical (unpaired) electrons. The molecular weight excluding hydrogens is 379 g/mol. The van der Waals surface area contributed by atoms with Crippen molar-refractivity contribution < 1.29 is 22.9 Å². The fourth-order valence-corrected chi connectivity index (χ4v) is 4.09. The lowest BCUT2D eigenvalue weighted by molar-refractivity contribution is -0.892. The minimum atomic E-state index is -4.34. The smallest absolute Gasteiger partial charge is 0.360 e. The van der Waals surface area contributed by atoms with Crippen LogP contribution in [-0.2, 0) is 6.18 Å². The van der Waals surface area contributed by atoms with Gasteiger partial charge in [-0.3, -0.25) is 4.79 Å². The number of Topliss-reactive ketones (excluding diaryl/α,β-unsaturated/α-hetero) is 1. The molecule has 152 valence electrons. The van der Waals surface area contributed by atoms with E-state index in [2.05, 4.69) is 4.98 Å². The zero-order valence-electron chi connectivity index (χ0n) is 16.1. The van der Waals surface area contributed by atoms with Gasteiger partial charge in [-0.1, -0.05) is 24.3 Å². The Morgan fingerprint density at radius 1 is 1.10 bits per heavy atom. The summed E-state index contributed by atoms with van der Waals surface area (Å²) in [5.74, 6) is 0.0995. The molecule has 0 atom stereocenters. The number of ketones is 1. The number of alkyl halides is 3. The molecule has 1 saturated heterocycles. The summed E-state index contributed by atoms with van der Waals surface area (Å²) >= 11 is 0. The number of fused-ring (bicyclic) bond motifs is 1. The van der Waals surface area contributed by atoms with Crippen LogP contribution >= 0.6 is 0 Å². The third-order valence-corrected chi connectivity index (χ3v) is 5.59. The molecule has 0 aliphatic carbocycles. The van der Waals surface area contributed by atoms with Crippen LogP contribution in [0.3, 0.4) is 0 Å². The van der Waals surface area contributed by atoms with Gasteiger partial charge in [0.1, 0.15) is 6.54 Å². The Kier molecular flexibility index (Phi) is 5.08. The number of rotatable bonds is 4. The number of halogens is 3. The normalized spacial score (nSPS) is 15.8. The average Bonchev–Trinajstić information content (AvgIpc) is 3.04. The van der Waals surface area contributed by atoms with Gasteiger partial charge in [0.05, 0.1) is 37.3 Å². The maximum atomic E-state index is 13.0. The van der Waals surface area contributed by atoms with E-state index in [1.807, 2.05) is 36.1 Å². The summed E-state index contributed by atoms with van der Waals surface area (Å²) in [5, 5.41) is 0.942. The van der Waals surface area contributed by atoms with Crippen LogP contribution in [-0.4, -0.2) is 43.5 Å². The largest absolute Gasteiger partial charge is 0.416 e. The van der Waals surface area contributed by atoms with E-state index in [-0.39, 0.29) is 5.78 Å². The second-order valence-electron chi connectivity index (χ2n) is 7.56. The molecule has 2 heterocycles. The van der Waals surface area contributed by atoms with Crippen LogP contribution in [0.1, 0.15) is 21.6 Å². The van der Waals surface area contributed by atoms with Gasteiger partial charge in [-0.25, -0.2) is 0 Å². The van der Waals surface area contributed by atoms with Crippen molar-refractivity contribution in [3.05, 3.63) is 65.4 Å². The molecule has 0 saturated carbocycles. The van der Waals surface area contributed by atoms with Gasteiger partial charge in [0.15, 0.2) is 0 Å². The Labute approximate surface area is 166 Å². The van der Waals surface area contributed by atoms with Gasteiger partial charge in [0.2, 0.25) is 5.78 Å². The summed E-state index contributed by atoms with van der Waals surface area (Å²) in [6.07, 6.45) is -4.34. The van der Waals surface area contributed by atoms with Gasteiger partial charge in [0, 0.05) is 22.3 Å². The van der Waals surface area contributed by atoms with Crippen molar-refractivity contribution in [1.29, 1.82) is 0 Å². The van der Waals surface area contributed by atoms with E-state index in [4.69, 9.17) is 0 Å². The van der Waals surface area contributed by atoms with Crippen LogP contribution in [0, 0.1) is 6.92 Å². The number of aryl methyl sites for hydroxylation is 1. The Hall–Kier alpha value is -2.80. The quantitative estimate of drug-likeness (QED) is 0.659. The van der Waals surface area contributed by atoms with Crippen LogP contribution < -0.4 is 9.80 Å². The number of anilines is 1. The van der Waals surface area contributed by atoms with Gasteiger partial charge in [0.25, 0.3) is 0 Å². The summed E-state index contributed by atoms with van der Waals surface area (Å²) in [6.45, 7) is 4.97. The molecule has 7 heteroatoms. The Bertz CT molecular complexity index is 1030. The highest BCUT2D eigenvalue weighted by atomic mass is 19.4. The number of carbonyl (C=O) groups excluding carboxylic acids is 1. The average molecular weight is 402 g/mol. The highest BCUT2D eigenvalue weighted by molar-refractivity contribution is 6.09. The number of nitrogens with zero attached hydrogens (tertiary/aromatic N) is 1. The van der Waals surface area contributed by atoms with E-state index < -0.39 is 11.7 Å². The van der Waals surface area contributed by atoms with E-state index in [0.29, 0.717) is 38.4 Å². The molecule has 0 unspecified atom stereocenters. The number of nitrogens with one attached hydrogen (secondary N) is 2. The molecule has 0 amide bonds. The van der Waals surface area contributed by atoms with Crippen LogP contribution in [0.5, 0.6) is 0 Å². The number of hydrogen-bond acceptors (Lipinski definition) is 2. The van der Waals surface area contributed by atoms with Crippen molar-refractivity contribution in [2.75, 3.05) is 37.6 Å². The Morgan fingerprint density at radius 2 is 1.83 bits per heavy atom. The first-order valence-electron chi connectivity index (χ1n) is 9.69. The van der Waals surface area contributed by atoms with Crippen molar-refractivity contribution in [3.8, 4) is 0 Å². The van der Waals surface area contributed by atoms with E-state index in [1.54, 1.807) is 6.07 Å². The molecule has 4 rings (SSSR count). The molecule has 3 aromatic rings.